The number of hydrogen-bond acceptors (Lipinski definition) is 5. The largest absolute Gasteiger partial charge is 0.462 e. The quantitative estimate of drug-likeness (QED) is 0.0321. The van der Waals surface area contributed by atoms with Crippen molar-refractivity contribution in [1.29, 1.82) is 0 Å². The van der Waals surface area contributed by atoms with Crippen LogP contribution in [0.15, 0.2) is 36.5 Å². The van der Waals surface area contributed by atoms with Crippen LogP contribution in [0.25, 0.3) is 0 Å². The van der Waals surface area contributed by atoms with Gasteiger partial charge in [-0.25, -0.2) is 0 Å². The molecule has 3 unspecified atom stereocenters. The average Bonchev–Trinajstić information content (AvgIpc) is 3.30. The summed E-state index contributed by atoms with van der Waals surface area (Å²) >= 11 is 0. The Bertz CT molecular complexity index is 1070. The van der Waals surface area contributed by atoms with Crippen molar-refractivity contribution in [2.24, 2.45) is 0 Å². The Hall–Kier alpha value is -1.92. The Balaban J connectivity index is 4.46. The highest BCUT2D eigenvalue weighted by molar-refractivity contribution is 5.77. The second-order valence-electron chi connectivity index (χ2n) is 19.7. The fraction of sp³-hybridized carbons (Fsp3) is 0.864. The van der Waals surface area contributed by atoms with Crippen LogP contribution in [-0.2, 0) is 14.3 Å². The third-order valence-electron chi connectivity index (χ3n) is 13.2. The summed E-state index contributed by atoms with van der Waals surface area (Å²) < 4.78 is 5.93. The predicted octanol–water partition coefficient (Wildman–Crippen LogP) is 17.6. The van der Waals surface area contributed by atoms with Crippen molar-refractivity contribution in [3.8, 4) is 0 Å². The molecule has 0 aliphatic carbocycles. The van der Waals surface area contributed by atoms with Crippen LogP contribution in [0.2, 0.25) is 0 Å². The minimum absolute atomic E-state index is 0.0578. The maximum Gasteiger partial charge on any atom is 0.306 e. The van der Waals surface area contributed by atoms with Crippen molar-refractivity contribution < 1.29 is 24.5 Å². The number of aliphatic hydroxyl groups excluding tert-OH is 2. The molecule has 0 spiro atoms. The van der Waals surface area contributed by atoms with Crippen LogP contribution >= 0.6 is 0 Å². The number of carbonyl (C=O) groups excluding carboxylic acids is 2. The smallest absolute Gasteiger partial charge is 0.306 e. The Labute approximate surface area is 404 Å². The first-order chi connectivity index (χ1) is 32.0. The predicted molar refractivity (Wildman–Crippen MR) is 282 cm³/mol. The zero-order chi connectivity index (χ0) is 47.4. The molecule has 0 saturated heterocycles. The standard InChI is InChI=1S/C59H111NO5/c1-4-7-10-13-16-19-22-24-26-28-29-30-32-34-37-40-43-46-49-52-59(64)65-55(50-47-44-41-38-35-21-18-15-12-9-6-3)53-58(63)60-56(54-61)57(62)51-48-45-42-39-36-33-31-27-25-23-20-17-14-11-8-5-2/h16,19,24,26,38,41,55-57,61-62H,4-15,17-18,20-23,25,27-37,39-40,42-54H2,1-3H3,(H,60,63)/b19-16-,26-24-,41-38-. The number of esters is 1. The van der Waals surface area contributed by atoms with Crippen molar-refractivity contribution in [1.82, 2.24) is 5.32 Å². The van der Waals surface area contributed by atoms with E-state index in [0.717, 1.165) is 57.8 Å². The molecule has 65 heavy (non-hydrogen) atoms. The molecule has 1 amide bonds. The van der Waals surface area contributed by atoms with Crippen LogP contribution in [0.3, 0.4) is 0 Å². The van der Waals surface area contributed by atoms with Crippen LogP contribution in [-0.4, -0.2) is 46.9 Å². The molecule has 0 aromatic carbocycles. The summed E-state index contributed by atoms with van der Waals surface area (Å²) in [5, 5.41) is 23.8. The van der Waals surface area contributed by atoms with E-state index in [1.807, 2.05) is 0 Å². The molecule has 3 atom stereocenters. The molecule has 0 heterocycles. The van der Waals surface area contributed by atoms with Gasteiger partial charge in [-0.2, -0.15) is 0 Å². The summed E-state index contributed by atoms with van der Waals surface area (Å²) in [6.45, 7) is 6.47. The number of carbonyl (C=O) groups is 2. The maximum absolute atomic E-state index is 13.2. The summed E-state index contributed by atoms with van der Waals surface area (Å²) in [5.41, 5.74) is 0. The van der Waals surface area contributed by atoms with Gasteiger partial charge in [-0.3, -0.25) is 9.59 Å². The summed E-state index contributed by atoms with van der Waals surface area (Å²) in [7, 11) is 0. The van der Waals surface area contributed by atoms with Gasteiger partial charge in [0.1, 0.15) is 6.10 Å². The fourth-order valence-electron chi connectivity index (χ4n) is 8.82. The number of unbranched alkanes of at least 4 members (excludes halogenated alkanes) is 34. The topological polar surface area (TPSA) is 95.9 Å². The number of hydrogen-bond donors (Lipinski definition) is 3. The molecule has 0 aliphatic heterocycles. The number of rotatable bonds is 52. The fourth-order valence-corrected chi connectivity index (χ4v) is 8.82. The molecular weight excluding hydrogens is 803 g/mol. The third kappa shape index (κ3) is 48.3. The minimum atomic E-state index is -0.793. The molecule has 382 valence electrons. The van der Waals surface area contributed by atoms with Crippen molar-refractivity contribution in [2.45, 2.75) is 322 Å². The molecule has 0 rings (SSSR count). The van der Waals surface area contributed by atoms with Gasteiger partial charge in [0.15, 0.2) is 0 Å². The molecular formula is C59H111NO5. The average molecular weight is 915 g/mol. The molecule has 6 nitrogen and oxygen atoms in total. The highest BCUT2D eigenvalue weighted by Gasteiger charge is 2.24. The Morgan fingerprint density at radius 3 is 1.25 bits per heavy atom. The lowest BCUT2D eigenvalue weighted by Crippen LogP contribution is -2.46. The summed E-state index contributed by atoms with van der Waals surface area (Å²) in [4.78, 5) is 26.2. The number of ether oxygens (including phenoxy) is 1. The molecule has 0 fully saturated rings. The maximum atomic E-state index is 13.2. The number of allylic oxidation sites excluding steroid dienone is 6. The first-order valence-corrected chi connectivity index (χ1v) is 28.7. The zero-order valence-electron chi connectivity index (χ0n) is 43.6. The van der Waals surface area contributed by atoms with E-state index in [1.54, 1.807) is 0 Å². The van der Waals surface area contributed by atoms with Gasteiger partial charge in [0.05, 0.1) is 25.2 Å². The second kappa shape index (κ2) is 53.0. The van der Waals surface area contributed by atoms with Crippen LogP contribution in [0, 0.1) is 0 Å². The number of aliphatic hydroxyl groups is 2. The Morgan fingerprint density at radius 1 is 0.446 bits per heavy atom. The molecule has 0 radical (unpaired) electrons. The lowest BCUT2D eigenvalue weighted by molar-refractivity contribution is -0.151. The SMILES string of the molecule is CCCCC/C=C\C/C=C\CCCCCCCCCCCC(=O)OC(CCC/C=C\CCCCCCCC)CC(=O)NC(CO)C(O)CCCCCCCCCCCCCCCCCC. The molecule has 0 aromatic rings. The van der Waals surface area contributed by atoms with E-state index in [9.17, 15) is 19.8 Å². The molecule has 0 bridgehead atoms. The van der Waals surface area contributed by atoms with Crippen LogP contribution in [0.1, 0.15) is 303 Å². The summed E-state index contributed by atoms with van der Waals surface area (Å²) in [5.74, 6) is -0.496. The van der Waals surface area contributed by atoms with E-state index in [4.69, 9.17) is 4.74 Å². The Kier molecular flexibility index (Phi) is 51.5. The normalized spacial score (nSPS) is 13.4. The van der Waals surface area contributed by atoms with E-state index >= 15 is 0 Å². The molecule has 6 heteroatoms. The van der Waals surface area contributed by atoms with Crippen LogP contribution < -0.4 is 5.32 Å². The van der Waals surface area contributed by atoms with Crippen LogP contribution in [0.4, 0.5) is 0 Å². The lowest BCUT2D eigenvalue weighted by Gasteiger charge is -2.24. The molecule has 0 aromatic heterocycles. The first kappa shape index (κ1) is 63.1. The molecule has 0 aliphatic rings. The van der Waals surface area contributed by atoms with Gasteiger partial charge in [-0.15, -0.1) is 0 Å². The number of nitrogens with one attached hydrogen (secondary N) is 1. The van der Waals surface area contributed by atoms with Crippen molar-refractivity contribution in [3.63, 3.8) is 0 Å². The van der Waals surface area contributed by atoms with Crippen molar-refractivity contribution in [3.05, 3.63) is 36.5 Å². The number of amides is 1. The van der Waals surface area contributed by atoms with E-state index in [1.165, 1.54) is 199 Å². The van der Waals surface area contributed by atoms with Crippen LogP contribution in [0.5, 0.6) is 0 Å². The minimum Gasteiger partial charge on any atom is -0.462 e. The van der Waals surface area contributed by atoms with Gasteiger partial charge in [0.25, 0.3) is 0 Å². The van der Waals surface area contributed by atoms with E-state index < -0.39 is 18.2 Å². The highest BCUT2D eigenvalue weighted by atomic mass is 16.5. The monoisotopic (exact) mass is 914 g/mol. The van der Waals surface area contributed by atoms with Gasteiger partial charge in [-0.05, 0) is 77.0 Å². The highest BCUT2D eigenvalue weighted by Crippen LogP contribution is 2.18. The second-order valence-corrected chi connectivity index (χ2v) is 19.7. The van der Waals surface area contributed by atoms with Gasteiger partial charge in [0, 0.05) is 6.42 Å². The molecule has 0 saturated carbocycles. The van der Waals surface area contributed by atoms with Gasteiger partial charge in [0.2, 0.25) is 5.91 Å². The van der Waals surface area contributed by atoms with Gasteiger partial charge >= 0.3 is 5.97 Å². The van der Waals surface area contributed by atoms with Gasteiger partial charge < -0.3 is 20.3 Å². The van der Waals surface area contributed by atoms with E-state index in [2.05, 4.69) is 62.5 Å². The van der Waals surface area contributed by atoms with Crippen molar-refractivity contribution in [2.75, 3.05) is 6.61 Å². The van der Waals surface area contributed by atoms with E-state index in [0.29, 0.717) is 19.3 Å². The third-order valence-corrected chi connectivity index (χ3v) is 13.2. The van der Waals surface area contributed by atoms with Crippen molar-refractivity contribution >= 4 is 11.9 Å². The van der Waals surface area contributed by atoms with Gasteiger partial charge in [-0.1, -0.05) is 250 Å². The summed E-state index contributed by atoms with van der Waals surface area (Å²) in [6, 6.07) is -0.709. The van der Waals surface area contributed by atoms with E-state index in [-0.39, 0.29) is 24.9 Å². The lowest BCUT2D eigenvalue weighted by atomic mass is 10.0. The first-order valence-electron chi connectivity index (χ1n) is 28.7. The Morgan fingerprint density at radius 2 is 0.800 bits per heavy atom. The zero-order valence-corrected chi connectivity index (χ0v) is 43.6. The summed E-state index contributed by atoms with van der Waals surface area (Å²) in [6.07, 6.45) is 63.6. The molecule has 3 N–H and O–H groups in total.